The Kier molecular flexibility index (Phi) is 4.40. The van der Waals surface area contributed by atoms with E-state index >= 15 is 0 Å². The summed E-state index contributed by atoms with van der Waals surface area (Å²) in [6, 6.07) is 9.07. The van der Waals surface area contributed by atoms with Gasteiger partial charge in [0.25, 0.3) is 0 Å². The summed E-state index contributed by atoms with van der Waals surface area (Å²) in [5, 5.41) is 3.45. The molecule has 0 radical (unpaired) electrons. The molecule has 1 aromatic rings. The smallest absolute Gasteiger partial charge is 0.218 e. The van der Waals surface area contributed by atoms with Crippen LogP contribution in [0.3, 0.4) is 0 Å². The van der Waals surface area contributed by atoms with Crippen LogP contribution in [0.2, 0.25) is 0 Å². The molecular formula is C14H19BrN2O. The molecule has 1 amide bonds. The van der Waals surface area contributed by atoms with Gasteiger partial charge in [0.15, 0.2) is 0 Å². The first kappa shape index (κ1) is 13.6. The predicted molar refractivity (Wildman–Crippen MR) is 76.3 cm³/mol. The molecule has 2 rings (SSSR count). The number of halogens is 1. The summed E-state index contributed by atoms with van der Waals surface area (Å²) in [6.07, 6.45) is 2.67. The van der Waals surface area contributed by atoms with Gasteiger partial charge in [0.2, 0.25) is 5.91 Å². The molecule has 0 aliphatic heterocycles. The molecule has 0 saturated heterocycles. The van der Waals surface area contributed by atoms with E-state index in [0.29, 0.717) is 18.4 Å². The normalized spacial score (nSPS) is 24.3. The van der Waals surface area contributed by atoms with Gasteiger partial charge in [-0.15, -0.1) is 0 Å². The average molecular weight is 311 g/mol. The number of primary amides is 1. The van der Waals surface area contributed by atoms with E-state index in [2.05, 4.69) is 39.4 Å². The van der Waals surface area contributed by atoms with Crippen LogP contribution in [0.5, 0.6) is 0 Å². The van der Waals surface area contributed by atoms with E-state index in [1.54, 1.807) is 0 Å². The Morgan fingerprint density at radius 3 is 2.78 bits per heavy atom. The third-order valence-corrected chi connectivity index (χ3v) is 4.23. The summed E-state index contributed by atoms with van der Waals surface area (Å²) in [5.74, 6) is 0.385. The van der Waals surface area contributed by atoms with E-state index in [4.69, 9.17) is 5.73 Å². The van der Waals surface area contributed by atoms with Crippen LogP contribution in [0.15, 0.2) is 28.7 Å². The number of amides is 1. The van der Waals surface area contributed by atoms with E-state index in [9.17, 15) is 4.79 Å². The molecular weight excluding hydrogens is 292 g/mol. The molecule has 0 aromatic heterocycles. The van der Waals surface area contributed by atoms with Crippen molar-refractivity contribution in [2.45, 2.75) is 44.2 Å². The maximum atomic E-state index is 10.8. The maximum Gasteiger partial charge on any atom is 0.218 e. The highest BCUT2D eigenvalue weighted by Gasteiger charge is 2.31. The highest BCUT2D eigenvalue weighted by molar-refractivity contribution is 9.10. The van der Waals surface area contributed by atoms with Gasteiger partial charge in [-0.1, -0.05) is 34.1 Å². The Morgan fingerprint density at radius 1 is 1.50 bits per heavy atom. The van der Waals surface area contributed by atoms with Gasteiger partial charge in [-0.05, 0) is 37.3 Å². The summed E-state index contributed by atoms with van der Waals surface area (Å²) < 4.78 is 1.19. The molecule has 1 atom stereocenters. The summed E-state index contributed by atoms with van der Waals surface area (Å²) in [5.41, 5.74) is 6.57. The number of carbonyl (C=O) groups excluding carboxylic acids is 1. The minimum atomic E-state index is -0.239. The van der Waals surface area contributed by atoms with Gasteiger partial charge < -0.3 is 11.1 Å². The molecule has 3 N–H and O–H groups in total. The van der Waals surface area contributed by atoms with E-state index in [-0.39, 0.29) is 11.9 Å². The Balaban J connectivity index is 1.81. The molecule has 0 bridgehead atoms. The lowest BCUT2D eigenvalue weighted by Gasteiger charge is -2.38. The van der Waals surface area contributed by atoms with Crippen LogP contribution in [0, 0.1) is 0 Å². The third kappa shape index (κ3) is 3.33. The lowest BCUT2D eigenvalue weighted by Crippen LogP contribution is -2.45. The Labute approximate surface area is 116 Å². The van der Waals surface area contributed by atoms with E-state index in [1.165, 1.54) is 10.0 Å². The van der Waals surface area contributed by atoms with E-state index < -0.39 is 0 Å². The van der Waals surface area contributed by atoms with Crippen molar-refractivity contribution < 1.29 is 4.79 Å². The highest BCUT2D eigenvalue weighted by atomic mass is 79.9. The van der Waals surface area contributed by atoms with Gasteiger partial charge in [0.1, 0.15) is 0 Å². The molecule has 98 valence electrons. The van der Waals surface area contributed by atoms with Crippen LogP contribution in [-0.4, -0.2) is 18.0 Å². The van der Waals surface area contributed by atoms with Gasteiger partial charge in [0.05, 0.1) is 0 Å². The molecule has 1 unspecified atom stereocenters. The Bertz CT molecular complexity index is 430. The number of nitrogens with two attached hydrogens (primary N) is 1. The summed E-state index contributed by atoms with van der Waals surface area (Å²) in [7, 11) is 0. The summed E-state index contributed by atoms with van der Waals surface area (Å²) >= 11 is 3.59. The van der Waals surface area contributed by atoms with Crippen molar-refractivity contribution >= 4 is 21.8 Å². The third-order valence-electron chi connectivity index (χ3n) is 3.51. The second-order valence-electron chi connectivity index (χ2n) is 5.12. The zero-order valence-electron chi connectivity index (χ0n) is 10.5. The number of carbonyl (C=O) groups is 1. The van der Waals surface area contributed by atoms with Crippen molar-refractivity contribution in [3.8, 4) is 0 Å². The van der Waals surface area contributed by atoms with Crippen molar-refractivity contribution in [2.75, 3.05) is 0 Å². The molecule has 1 fully saturated rings. The molecule has 1 aliphatic carbocycles. The zero-order chi connectivity index (χ0) is 13.1. The molecule has 3 nitrogen and oxygen atoms in total. The summed E-state index contributed by atoms with van der Waals surface area (Å²) in [4.78, 5) is 10.8. The van der Waals surface area contributed by atoms with Crippen molar-refractivity contribution in [3.05, 3.63) is 34.3 Å². The molecule has 1 aromatic carbocycles. The lowest BCUT2D eigenvalue weighted by atomic mass is 9.75. The van der Waals surface area contributed by atoms with Crippen LogP contribution < -0.4 is 11.1 Å². The Hall–Kier alpha value is -0.870. The minimum absolute atomic E-state index is 0.174. The molecule has 4 heteroatoms. The number of benzene rings is 1. The van der Waals surface area contributed by atoms with Crippen LogP contribution >= 0.6 is 15.9 Å². The topological polar surface area (TPSA) is 55.1 Å². The van der Waals surface area contributed by atoms with Gasteiger partial charge in [-0.2, -0.15) is 0 Å². The standard InChI is InChI=1S/C14H19BrN2O/c1-9(6-14(16)18)17-11-7-10(8-11)12-4-2-3-5-13(12)15/h2-5,9-11,17H,6-8H2,1H3,(H2,16,18). The van der Waals surface area contributed by atoms with Crippen molar-refractivity contribution in [2.24, 2.45) is 5.73 Å². The molecule has 0 heterocycles. The molecule has 1 saturated carbocycles. The second kappa shape index (κ2) is 5.85. The largest absolute Gasteiger partial charge is 0.370 e. The van der Waals surface area contributed by atoms with E-state index in [0.717, 1.165) is 12.8 Å². The van der Waals surface area contributed by atoms with Crippen molar-refractivity contribution in [1.29, 1.82) is 0 Å². The number of hydrogen-bond acceptors (Lipinski definition) is 2. The highest BCUT2D eigenvalue weighted by Crippen LogP contribution is 2.40. The zero-order valence-corrected chi connectivity index (χ0v) is 12.1. The first-order chi connectivity index (χ1) is 8.56. The first-order valence-electron chi connectivity index (χ1n) is 6.35. The first-order valence-corrected chi connectivity index (χ1v) is 7.14. The van der Waals surface area contributed by atoms with Gasteiger partial charge in [-0.3, -0.25) is 4.79 Å². The Morgan fingerprint density at radius 2 is 2.17 bits per heavy atom. The minimum Gasteiger partial charge on any atom is -0.370 e. The van der Waals surface area contributed by atoms with E-state index in [1.807, 2.05) is 13.0 Å². The monoisotopic (exact) mass is 310 g/mol. The summed E-state index contributed by atoms with van der Waals surface area (Å²) in [6.45, 7) is 2.01. The fraction of sp³-hybridized carbons (Fsp3) is 0.500. The van der Waals surface area contributed by atoms with Crippen LogP contribution in [0.1, 0.15) is 37.7 Å². The quantitative estimate of drug-likeness (QED) is 0.878. The van der Waals surface area contributed by atoms with Crippen molar-refractivity contribution in [3.63, 3.8) is 0 Å². The lowest BCUT2D eigenvalue weighted by molar-refractivity contribution is -0.118. The average Bonchev–Trinajstić information content (AvgIpc) is 2.23. The SMILES string of the molecule is CC(CC(N)=O)NC1CC(c2ccccc2Br)C1. The predicted octanol–water partition coefficient (Wildman–Crippen LogP) is 2.55. The molecule has 1 aliphatic rings. The number of hydrogen-bond donors (Lipinski definition) is 2. The number of rotatable bonds is 5. The van der Waals surface area contributed by atoms with Crippen LogP contribution in [0.25, 0.3) is 0 Å². The fourth-order valence-corrected chi connectivity index (χ4v) is 3.19. The van der Waals surface area contributed by atoms with Gasteiger partial charge in [0, 0.05) is 23.0 Å². The molecule has 18 heavy (non-hydrogen) atoms. The van der Waals surface area contributed by atoms with Crippen LogP contribution in [0.4, 0.5) is 0 Å². The second-order valence-corrected chi connectivity index (χ2v) is 5.98. The van der Waals surface area contributed by atoms with Gasteiger partial charge >= 0.3 is 0 Å². The fourth-order valence-electron chi connectivity index (χ4n) is 2.58. The van der Waals surface area contributed by atoms with Gasteiger partial charge in [-0.25, -0.2) is 0 Å². The van der Waals surface area contributed by atoms with Crippen molar-refractivity contribution in [1.82, 2.24) is 5.32 Å². The number of nitrogens with one attached hydrogen (secondary N) is 1. The maximum absolute atomic E-state index is 10.8. The molecule has 0 spiro atoms. The van der Waals surface area contributed by atoms with Crippen LogP contribution in [-0.2, 0) is 4.79 Å².